The molecular formula is C19H16. The molecule has 19 heavy (non-hydrogen) atoms. The Kier molecular flexibility index (Phi) is 3.21. The van der Waals surface area contributed by atoms with E-state index in [1.165, 1.54) is 22.3 Å². The SMILES string of the molecule is Cc1ccc(C2=C3\C=CC=CC3C#CC/C=C\2)cc1. The standard InChI is InChI=1S/C19H16/c1-15-11-13-17(14-12-15)19-9-4-2-3-7-16-8-5-6-10-18(16)19/h4-6,8-14,16H,2H2,1H3/b9-4-,19-18+. The highest BCUT2D eigenvalue weighted by Crippen LogP contribution is 2.30. The minimum absolute atomic E-state index is 0.228. The summed E-state index contributed by atoms with van der Waals surface area (Å²) in [6.45, 7) is 2.12. The molecule has 0 saturated carbocycles. The molecule has 0 radical (unpaired) electrons. The third-order valence-electron chi connectivity index (χ3n) is 3.46. The van der Waals surface area contributed by atoms with Gasteiger partial charge in [-0.2, -0.15) is 0 Å². The van der Waals surface area contributed by atoms with Crippen LogP contribution in [0, 0.1) is 24.7 Å². The van der Waals surface area contributed by atoms with Crippen LogP contribution >= 0.6 is 0 Å². The summed E-state index contributed by atoms with van der Waals surface area (Å²) in [6.07, 6.45) is 13.7. The first kappa shape index (κ1) is 11.8. The second-order valence-electron chi connectivity index (χ2n) is 4.88. The Balaban J connectivity index is 2.15. The summed E-state index contributed by atoms with van der Waals surface area (Å²) in [4.78, 5) is 0. The first-order valence-corrected chi connectivity index (χ1v) is 6.65. The molecule has 0 bridgehead atoms. The predicted octanol–water partition coefficient (Wildman–Crippen LogP) is 4.45. The third kappa shape index (κ3) is 2.46. The maximum Gasteiger partial charge on any atom is 0.0641 e. The molecule has 0 aromatic heterocycles. The molecule has 1 atom stereocenters. The van der Waals surface area contributed by atoms with E-state index in [-0.39, 0.29) is 5.92 Å². The topological polar surface area (TPSA) is 0 Å². The van der Waals surface area contributed by atoms with Crippen LogP contribution in [0.1, 0.15) is 17.5 Å². The molecule has 2 aliphatic rings. The van der Waals surface area contributed by atoms with Crippen LogP contribution in [0.25, 0.3) is 5.57 Å². The van der Waals surface area contributed by atoms with Crippen LogP contribution < -0.4 is 0 Å². The minimum Gasteiger partial charge on any atom is -0.0982 e. The molecule has 3 rings (SSSR count). The van der Waals surface area contributed by atoms with E-state index in [0.717, 1.165) is 6.42 Å². The Morgan fingerprint density at radius 3 is 2.74 bits per heavy atom. The first-order valence-electron chi connectivity index (χ1n) is 6.65. The van der Waals surface area contributed by atoms with Gasteiger partial charge < -0.3 is 0 Å². The van der Waals surface area contributed by atoms with Crippen molar-refractivity contribution >= 4 is 5.57 Å². The van der Waals surface area contributed by atoms with Crippen molar-refractivity contribution in [2.24, 2.45) is 5.92 Å². The van der Waals surface area contributed by atoms with Crippen LogP contribution in [-0.4, -0.2) is 0 Å². The minimum atomic E-state index is 0.228. The third-order valence-corrected chi connectivity index (χ3v) is 3.46. The van der Waals surface area contributed by atoms with Gasteiger partial charge in [0.2, 0.25) is 0 Å². The molecule has 0 nitrogen and oxygen atoms in total. The molecule has 1 aromatic rings. The summed E-state index contributed by atoms with van der Waals surface area (Å²) in [5.74, 6) is 6.78. The van der Waals surface area contributed by atoms with Crippen LogP contribution in [-0.2, 0) is 0 Å². The van der Waals surface area contributed by atoms with Crippen molar-refractivity contribution in [2.75, 3.05) is 0 Å². The van der Waals surface area contributed by atoms with Gasteiger partial charge in [-0.3, -0.25) is 0 Å². The summed E-state index contributed by atoms with van der Waals surface area (Å²) in [7, 11) is 0. The molecule has 0 aliphatic heterocycles. The van der Waals surface area contributed by atoms with Gasteiger partial charge in [-0.1, -0.05) is 78.1 Å². The Hall–Kier alpha value is -2.26. The maximum atomic E-state index is 3.34. The number of aryl methyl sites for hydroxylation is 1. The van der Waals surface area contributed by atoms with E-state index in [1.807, 2.05) is 0 Å². The lowest BCUT2D eigenvalue weighted by Crippen LogP contribution is -2.03. The number of hydrogen-bond acceptors (Lipinski definition) is 0. The van der Waals surface area contributed by atoms with Crippen LogP contribution in [0.2, 0.25) is 0 Å². The fourth-order valence-corrected chi connectivity index (χ4v) is 2.42. The van der Waals surface area contributed by atoms with Gasteiger partial charge in [0.1, 0.15) is 0 Å². The van der Waals surface area contributed by atoms with Gasteiger partial charge in [0.25, 0.3) is 0 Å². The summed E-state index contributed by atoms with van der Waals surface area (Å²) >= 11 is 0. The highest BCUT2D eigenvalue weighted by Gasteiger charge is 2.14. The molecule has 0 amide bonds. The van der Waals surface area contributed by atoms with Crippen molar-refractivity contribution < 1.29 is 0 Å². The van der Waals surface area contributed by atoms with Crippen LogP contribution in [0.3, 0.4) is 0 Å². The van der Waals surface area contributed by atoms with E-state index in [2.05, 4.69) is 79.5 Å². The molecule has 0 fully saturated rings. The summed E-state index contributed by atoms with van der Waals surface area (Å²) in [5, 5.41) is 0. The van der Waals surface area contributed by atoms with Gasteiger partial charge in [0, 0.05) is 6.42 Å². The van der Waals surface area contributed by atoms with Crippen molar-refractivity contribution in [1.29, 1.82) is 0 Å². The van der Waals surface area contributed by atoms with E-state index < -0.39 is 0 Å². The Bertz CT molecular complexity index is 652. The van der Waals surface area contributed by atoms with E-state index >= 15 is 0 Å². The van der Waals surface area contributed by atoms with Crippen molar-refractivity contribution in [3.05, 3.63) is 77.4 Å². The second-order valence-corrected chi connectivity index (χ2v) is 4.88. The Labute approximate surface area is 114 Å². The van der Waals surface area contributed by atoms with Gasteiger partial charge in [0.05, 0.1) is 5.92 Å². The van der Waals surface area contributed by atoms with Gasteiger partial charge in [-0.05, 0) is 23.6 Å². The molecule has 0 spiro atoms. The zero-order valence-electron chi connectivity index (χ0n) is 11.1. The first-order chi connectivity index (χ1) is 9.34. The second kappa shape index (κ2) is 5.16. The Morgan fingerprint density at radius 1 is 1.05 bits per heavy atom. The van der Waals surface area contributed by atoms with E-state index in [1.54, 1.807) is 0 Å². The lowest BCUT2D eigenvalue weighted by molar-refractivity contribution is 1.03. The number of rotatable bonds is 1. The number of hydrogen-bond donors (Lipinski definition) is 0. The van der Waals surface area contributed by atoms with Crippen molar-refractivity contribution in [3.63, 3.8) is 0 Å². The lowest BCUT2D eigenvalue weighted by atomic mass is 9.86. The predicted molar refractivity (Wildman–Crippen MR) is 81.4 cm³/mol. The van der Waals surface area contributed by atoms with Gasteiger partial charge in [0.15, 0.2) is 0 Å². The average Bonchev–Trinajstić information content (AvgIpc) is 2.42. The van der Waals surface area contributed by atoms with Crippen molar-refractivity contribution in [3.8, 4) is 11.8 Å². The monoisotopic (exact) mass is 244 g/mol. The highest BCUT2D eigenvalue weighted by molar-refractivity contribution is 5.80. The molecule has 0 heteroatoms. The Morgan fingerprint density at radius 2 is 1.89 bits per heavy atom. The summed E-state index contributed by atoms with van der Waals surface area (Å²) in [6, 6.07) is 8.72. The fraction of sp³-hybridized carbons (Fsp3) is 0.158. The zero-order valence-corrected chi connectivity index (χ0v) is 11.1. The number of benzene rings is 1. The van der Waals surface area contributed by atoms with Crippen molar-refractivity contribution in [1.82, 2.24) is 0 Å². The molecule has 0 N–H and O–H groups in total. The van der Waals surface area contributed by atoms with Crippen LogP contribution in [0.4, 0.5) is 0 Å². The average molecular weight is 244 g/mol. The van der Waals surface area contributed by atoms with Gasteiger partial charge >= 0.3 is 0 Å². The normalized spacial score (nSPS) is 25.8. The molecule has 92 valence electrons. The van der Waals surface area contributed by atoms with Crippen molar-refractivity contribution in [2.45, 2.75) is 13.3 Å². The number of fused-ring (bicyclic) bond motifs is 1. The number of allylic oxidation sites excluding steroid dienone is 8. The maximum absolute atomic E-state index is 3.34. The molecule has 2 aliphatic carbocycles. The quantitative estimate of drug-likeness (QED) is 0.640. The van der Waals surface area contributed by atoms with Crippen LogP contribution in [0.15, 0.2) is 66.3 Å². The summed E-state index contributed by atoms with van der Waals surface area (Å²) < 4.78 is 0. The fourth-order valence-electron chi connectivity index (χ4n) is 2.42. The van der Waals surface area contributed by atoms with E-state index in [9.17, 15) is 0 Å². The summed E-state index contributed by atoms with van der Waals surface area (Å²) in [5.41, 5.74) is 5.15. The molecule has 0 saturated heterocycles. The molecule has 0 heterocycles. The smallest absolute Gasteiger partial charge is 0.0641 e. The molecular weight excluding hydrogens is 228 g/mol. The van der Waals surface area contributed by atoms with Gasteiger partial charge in [-0.15, -0.1) is 0 Å². The van der Waals surface area contributed by atoms with E-state index in [4.69, 9.17) is 0 Å². The zero-order chi connectivity index (χ0) is 13.1. The van der Waals surface area contributed by atoms with Gasteiger partial charge in [-0.25, -0.2) is 0 Å². The van der Waals surface area contributed by atoms with E-state index in [0.29, 0.717) is 0 Å². The molecule has 1 aromatic carbocycles. The molecule has 1 unspecified atom stereocenters. The lowest BCUT2D eigenvalue weighted by Gasteiger charge is -2.17. The van der Waals surface area contributed by atoms with Crippen LogP contribution in [0.5, 0.6) is 0 Å². The largest absolute Gasteiger partial charge is 0.0982 e. The highest BCUT2D eigenvalue weighted by atomic mass is 14.2.